The van der Waals surface area contributed by atoms with Crippen molar-refractivity contribution in [2.45, 2.75) is 474 Å². The average Bonchev–Trinajstić information content (AvgIpc) is 3.29. The van der Waals surface area contributed by atoms with E-state index in [0.717, 1.165) is 38.5 Å². The topological polar surface area (TPSA) is 149 Å². The van der Waals surface area contributed by atoms with Gasteiger partial charge in [-0.3, -0.25) is 4.79 Å². The Balaban J connectivity index is 2.05. The summed E-state index contributed by atoms with van der Waals surface area (Å²) in [6.07, 6.45) is 83.7. The summed E-state index contributed by atoms with van der Waals surface area (Å²) in [6, 6.07) is -0.803. The lowest BCUT2D eigenvalue weighted by Crippen LogP contribution is -2.60. The van der Waals surface area contributed by atoms with Gasteiger partial charge in [0, 0.05) is 6.42 Å². The number of aliphatic hydroxyl groups is 5. The van der Waals surface area contributed by atoms with E-state index in [1.54, 1.807) is 6.08 Å². The van der Waals surface area contributed by atoms with E-state index in [-0.39, 0.29) is 12.5 Å². The third-order valence-electron chi connectivity index (χ3n) is 19.6. The zero-order chi connectivity index (χ0) is 63.5. The number of nitrogens with one attached hydrogen (secondary N) is 1. The maximum atomic E-state index is 13.2. The molecule has 0 spiro atoms. The van der Waals surface area contributed by atoms with Crippen LogP contribution in [0.25, 0.3) is 0 Å². The Labute approximate surface area is 547 Å². The number of unbranched alkanes of at least 4 members (excludes halogenated alkanes) is 62. The zero-order valence-corrected chi connectivity index (χ0v) is 59.0. The van der Waals surface area contributed by atoms with E-state index in [0.29, 0.717) is 6.42 Å². The Bertz CT molecular complexity index is 1400. The van der Waals surface area contributed by atoms with Crippen LogP contribution in [0.5, 0.6) is 0 Å². The largest absolute Gasteiger partial charge is 0.394 e. The summed E-state index contributed by atoms with van der Waals surface area (Å²) in [5.74, 6) is -0.165. The van der Waals surface area contributed by atoms with Gasteiger partial charge in [-0.1, -0.05) is 418 Å². The first kappa shape index (κ1) is 84.9. The van der Waals surface area contributed by atoms with Crippen molar-refractivity contribution >= 4 is 5.91 Å². The minimum Gasteiger partial charge on any atom is -0.394 e. The number of amides is 1. The number of rotatable bonds is 72. The summed E-state index contributed by atoms with van der Waals surface area (Å²) >= 11 is 0. The second-order valence-corrected chi connectivity index (χ2v) is 28.2. The summed E-state index contributed by atoms with van der Waals surface area (Å²) in [5.41, 5.74) is 0. The molecule has 0 aromatic carbocycles. The van der Waals surface area contributed by atoms with E-state index < -0.39 is 49.5 Å². The van der Waals surface area contributed by atoms with Crippen LogP contribution in [0.15, 0.2) is 12.2 Å². The quantitative estimate of drug-likeness (QED) is 0.0261. The third-order valence-corrected chi connectivity index (χ3v) is 19.6. The fraction of sp³-hybridized carbons (Fsp3) is 0.962. The van der Waals surface area contributed by atoms with Crippen LogP contribution >= 0.6 is 0 Å². The normalized spacial score (nSPS) is 17.8. The molecule has 1 aliphatic heterocycles. The Morgan fingerprint density at radius 3 is 0.886 bits per heavy atom. The van der Waals surface area contributed by atoms with Crippen molar-refractivity contribution in [3.63, 3.8) is 0 Å². The standard InChI is InChI=1S/C79H155NO8/c1-3-5-7-9-11-13-15-17-19-21-23-25-27-29-31-33-34-35-36-37-38-39-40-41-43-45-47-49-51-53-55-57-59-61-63-65-67-69-75(83)80-72(71-87-79-78(86)77(85)76(84)74(70-81)88-79)73(82)68-66-64-62-60-58-56-54-52-50-48-46-44-42-32-30-28-26-24-22-20-18-16-14-12-10-8-6-4-2/h66,68,72-74,76-79,81-82,84-86H,3-65,67,69-71H2,1-2H3,(H,80,83)/b68-66+. The number of hydrogen-bond acceptors (Lipinski definition) is 8. The van der Waals surface area contributed by atoms with Crippen LogP contribution in [0.1, 0.15) is 431 Å². The molecule has 1 amide bonds. The lowest BCUT2D eigenvalue weighted by atomic mass is 9.99. The fourth-order valence-electron chi connectivity index (χ4n) is 13.4. The molecule has 9 heteroatoms. The van der Waals surface area contributed by atoms with Crippen LogP contribution in [0.4, 0.5) is 0 Å². The lowest BCUT2D eigenvalue weighted by molar-refractivity contribution is -0.302. The van der Waals surface area contributed by atoms with Crippen molar-refractivity contribution in [2.24, 2.45) is 0 Å². The van der Waals surface area contributed by atoms with E-state index >= 15 is 0 Å². The number of hydrogen-bond donors (Lipinski definition) is 6. The summed E-state index contributed by atoms with van der Waals surface area (Å²) in [4.78, 5) is 13.2. The summed E-state index contributed by atoms with van der Waals surface area (Å²) < 4.78 is 11.3. The highest BCUT2D eigenvalue weighted by atomic mass is 16.7. The highest BCUT2D eigenvalue weighted by Gasteiger charge is 2.44. The van der Waals surface area contributed by atoms with Crippen LogP contribution in [0, 0.1) is 0 Å². The van der Waals surface area contributed by atoms with Crippen LogP contribution in [-0.2, 0) is 14.3 Å². The van der Waals surface area contributed by atoms with Gasteiger partial charge < -0.3 is 40.3 Å². The number of allylic oxidation sites excluding steroid dienone is 1. The minimum atomic E-state index is -1.57. The average molecular weight is 1250 g/mol. The SMILES string of the molecule is CCCCCCCCCCCCCCCCCCCCCCCCCCCC/C=C/C(O)C(COC1OC(CO)C(O)C(O)C1O)NC(=O)CCCCCCCCCCCCCCCCCCCCCCCCCCCCCCCCCCCCCCC. The summed E-state index contributed by atoms with van der Waals surface area (Å²) in [6.45, 7) is 3.86. The number of carbonyl (C=O) groups excluding carboxylic acids is 1. The van der Waals surface area contributed by atoms with Gasteiger partial charge in [0.2, 0.25) is 5.91 Å². The van der Waals surface area contributed by atoms with E-state index in [1.807, 2.05) is 6.08 Å². The lowest BCUT2D eigenvalue weighted by Gasteiger charge is -2.40. The molecule has 0 aliphatic carbocycles. The smallest absolute Gasteiger partial charge is 0.220 e. The van der Waals surface area contributed by atoms with Gasteiger partial charge in [-0.25, -0.2) is 0 Å². The van der Waals surface area contributed by atoms with Crippen molar-refractivity contribution in [1.82, 2.24) is 5.32 Å². The maximum Gasteiger partial charge on any atom is 0.220 e. The molecule has 7 unspecified atom stereocenters. The molecular formula is C79H155NO8. The highest BCUT2D eigenvalue weighted by molar-refractivity contribution is 5.76. The molecule has 88 heavy (non-hydrogen) atoms. The molecule has 7 atom stereocenters. The Hall–Kier alpha value is -1.07. The Kier molecular flexibility index (Phi) is 66.4. The number of carbonyl (C=O) groups is 1. The van der Waals surface area contributed by atoms with Crippen molar-refractivity contribution in [1.29, 1.82) is 0 Å². The van der Waals surface area contributed by atoms with Gasteiger partial charge in [0.15, 0.2) is 6.29 Å². The molecule has 0 aromatic rings. The van der Waals surface area contributed by atoms with E-state index in [4.69, 9.17) is 9.47 Å². The van der Waals surface area contributed by atoms with Crippen molar-refractivity contribution < 1.29 is 39.8 Å². The maximum absolute atomic E-state index is 13.2. The van der Waals surface area contributed by atoms with Gasteiger partial charge in [0.25, 0.3) is 0 Å². The third kappa shape index (κ3) is 56.5. The molecule has 1 heterocycles. The van der Waals surface area contributed by atoms with E-state index in [1.165, 1.54) is 372 Å². The zero-order valence-electron chi connectivity index (χ0n) is 59.0. The molecular weight excluding hydrogens is 1090 g/mol. The summed E-state index contributed by atoms with van der Waals surface area (Å²) in [7, 11) is 0. The molecule has 1 rings (SSSR count). The van der Waals surface area contributed by atoms with Crippen LogP contribution < -0.4 is 5.32 Å². The number of aliphatic hydroxyl groups excluding tert-OH is 5. The van der Waals surface area contributed by atoms with Crippen molar-refractivity contribution in [2.75, 3.05) is 13.2 Å². The van der Waals surface area contributed by atoms with Gasteiger partial charge in [-0.05, 0) is 19.3 Å². The monoisotopic (exact) mass is 1250 g/mol. The van der Waals surface area contributed by atoms with E-state index in [2.05, 4.69) is 19.2 Å². The Morgan fingerprint density at radius 2 is 0.625 bits per heavy atom. The fourth-order valence-corrected chi connectivity index (χ4v) is 13.4. The van der Waals surface area contributed by atoms with Gasteiger partial charge in [-0.2, -0.15) is 0 Å². The Morgan fingerprint density at radius 1 is 0.375 bits per heavy atom. The first-order valence-corrected chi connectivity index (χ1v) is 39.9. The van der Waals surface area contributed by atoms with Crippen molar-refractivity contribution in [3.05, 3.63) is 12.2 Å². The molecule has 1 aliphatic rings. The van der Waals surface area contributed by atoms with Gasteiger partial charge >= 0.3 is 0 Å². The molecule has 0 radical (unpaired) electrons. The molecule has 524 valence electrons. The van der Waals surface area contributed by atoms with Gasteiger partial charge in [0.1, 0.15) is 24.4 Å². The first-order valence-electron chi connectivity index (χ1n) is 39.9. The summed E-state index contributed by atoms with van der Waals surface area (Å²) in [5, 5.41) is 54.9. The van der Waals surface area contributed by atoms with Crippen LogP contribution in [0.2, 0.25) is 0 Å². The van der Waals surface area contributed by atoms with Gasteiger partial charge in [0.05, 0.1) is 25.4 Å². The molecule has 0 aromatic heterocycles. The van der Waals surface area contributed by atoms with Crippen molar-refractivity contribution in [3.8, 4) is 0 Å². The second kappa shape index (κ2) is 68.8. The molecule has 9 nitrogen and oxygen atoms in total. The molecule has 1 fully saturated rings. The molecule has 6 N–H and O–H groups in total. The van der Waals surface area contributed by atoms with E-state index in [9.17, 15) is 30.3 Å². The second-order valence-electron chi connectivity index (χ2n) is 28.2. The number of ether oxygens (including phenoxy) is 2. The van der Waals surface area contributed by atoms with Crippen LogP contribution in [0.3, 0.4) is 0 Å². The predicted molar refractivity (Wildman–Crippen MR) is 378 cm³/mol. The minimum absolute atomic E-state index is 0.165. The van der Waals surface area contributed by atoms with Crippen LogP contribution in [-0.4, -0.2) is 87.5 Å². The molecule has 1 saturated heterocycles. The highest BCUT2D eigenvalue weighted by Crippen LogP contribution is 2.24. The molecule has 0 saturated carbocycles. The predicted octanol–water partition coefficient (Wildman–Crippen LogP) is 22.6. The first-order chi connectivity index (χ1) is 43.3. The van der Waals surface area contributed by atoms with Gasteiger partial charge in [-0.15, -0.1) is 0 Å². The molecule has 0 bridgehead atoms.